The molecule has 6 atom stereocenters. The number of aliphatic hydroxyl groups is 2. The quantitative estimate of drug-likeness (QED) is 0.521. The van der Waals surface area contributed by atoms with Crippen LogP contribution in [0.25, 0.3) is 0 Å². The van der Waals surface area contributed by atoms with Crippen LogP contribution < -0.4 is 0 Å². The van der Waals surface area contributed by atoms with Crippen molar-refractivity contribution in [1.82, 2.24) is 0 Å². The molecule has 2 nitrogen and oxygen atoms in total. The van der Waals surface area contributed by atoms with Gasteiger partial charge in [-0.15, -0.1) is 0 Å². The third-order valence-electron chi connectivity index (χ3n) is 8.86. The van der Waals surface area contributed by atoms with Crippen molar-refractivity contribution >= 4 is 0 Å². The summed E-state index contributed by atoms with van der Waals surface area (Å²) >= 11 is 0. The van der Waals surface area contributed by atoms with Gasteiger partial charge in [0.25, 0.3) is 0 Å². The van der Waals surface area contributed by atoms with Crippen LogP contribution in [0.15, 0.2) is 23.3 Å². The molecule has 3 saturated carbocycles. The van der Waals surface area contributed by atoms with Crippen molar-refractivity contribution in [3.63, 3.8) is 0 Å². The van der Waals surface area contributed by atoms with E-state index in [4.69, 9.17) is 0 Å². The summed E-state index contributed by atoms with van der Waals surface area (Å²) in [5.41, 5.74) is 3.34. The number of hydrogen-bond donors (Lipinski definition) is 2. The molecule has 0 aromatic rings. The van der Waals surface area contributed by atoms with Crippen LogP contribution >= 0.6 is 0 Å². The molecule has 3 aliphatic rings. The van der Waals surface area contributed by atoms with Crippen molar-refractivity contribution in [2.45, 2.75) is 111 Å². The molecule has 3 aliphatic carbocycles. The van der Waals surface area contributed by atoms with Crippen LogP contribution in [0.1, 0.15) is 98.8 Å². The van der Waals surface area contributed by atoms with Gasteiger partial charge in [0.2, 0.25) is 0 Å². The normalized spacial score (nSPS) is 40.3. The van der Waals surface area contributed by atoms with E-state index < -0.39 is 12.2 Å². The van der Waals surface area contributed by atoms with E-state index in [9.17, 15) is 10.2 Å². The first kappa shape index (κ1) is 23.1. The van der Waals surface area contributed by atoms with Gasteiger partial charge in [-0.2, -0.15) is 0 Å². The summed E-state index contributed by atoms with van der Waals surface area (Å²) in [6.07, 6.45) is 16.1. The Bertz CT molecular complexity index is 590. The maximum absolute atomic E-state index is 10.2. The minimum Gasteiger partial charge on any atom is -0.392 e. The molecule has 0 saturated heterocycles. The topological polar surface area (TPSA) is 40.5 Å². The summed E-state index contributed by atoms with van der Waals surface area (Å²) in [4.78, 5) is 0. The van der Waals surface area contributed by atoms with E-state index >= 15 is 0 Å². The minimum absolute atomic E-state index is 0.00875. The van der Waals surface area contributed by atoms with Crippen molar-refractivity contribution in [2.75, 3.05) is 0 Å². The molecule has 2 heteroatoms. The van der Waals surface area contributed by atoms with Crippen LogP contribution in [-0.2, 0) is 0 Å². The monoisotopic (exact) mass is 402 g/mol. The average Bonchev–Trinajstić information content (AvgIpc) is 3.01. The van der Waals surface area contributed by atoms with Gasteiger partial charge >= 0.3 is 0 Å². The Morgan fingerprint density at radius 1 is 1.03 bits per heavy atom. The number of hydrogen-bond acceptors (Lipinski definition) is 2. The minimum atomic E-state index is -0.400. The largest absolute Gasteiger partial charge is 0.392 e. The Hall–Kier alpha value is -0.600. The van der Waals surface area contributed by atoms with Crippen molar-refractivity contribution in [3.8, 4) is 0 Å². The molecule has 0 spiro atoms. The van der Waals surface area contributed by atoms with Gasteiger partial charge in [-0.1, -0.05) is 77.2 Å². The third kappa shape index (κ3) is 5.18. The molecule has 0 radical (unpaired) electrons. The van der Waals surface area contributed by atoms with Gasteiger partial charge in [0.05, 0.1) is 12.2 Å². The Balaban J connectivity index is 1.68. The lowest BCUT2D eigenvalue weighted by atomic mass is 9.60. The summed E-state index contributed by atoms with van der Waals surface area (Å²) in [5, 5.41) is 20.5. The summed E-state index contributed by atoms with van der Waals surface area (Å²) in [6.45, 7) is 11.7. The number of aliphatic hydroxyl groups excluding tert-OH is 2. The van der Waals surface area contributed by atoms with E-state index in [1.807, 2.05) is 6.92 Å². The molecule has 0 aliphatic heterocycles. The highest BCUT2D eigenvalue weighted by Gasteiger charge is 2.50. The van der Waals surface area contributed by atoms with Gasteiger partial charge in [0.1, 0.15) is 0 Å². The highest BCUT2D eigenvalue weighted by Crippen LogP contribution is 2.59. The Morgan fingerprint density at radius 2 is 1.72 bits per heavy atom. The Morgan fingerprint density at radius 3 is 2.38 bits per heavy atom. The predicted octanol–water partition coefficient (Wildman–Crippen LogP) is 6.67. The van der Waals surface area contributed by atoms with E-state index in [0.29, 0.717) is 5.41 Å². The number of allylic oxidation sites excluding steroid dienone is 3. The third-order valence-corrected chi connectivity index (χ3v) is 8.86. The first-order valence-corrected chi connectivity index (χ1v) is 12.5. The van der Waals surface area contributed by atoms with Gasteiger partial charge in [-0.25, -0.2) is 0 Å². The molecule has 0 bridgehead atoms. The van der Waals surface area contributed by atoms with E-state index in [1.54, 1.807) is 5.57 Å². The number of rotatable bonds is 6. The lowest BCUT2D eigenvalue weighted by Crippen LogP contribution is -2.36. The molecular weight excluding hydrogens is 356 g/mol. The van der Waals surface area contributed by atoms with Gasteiger partial charge in [-0.3, -0.25) is 0 Å². The molecule has 0 aromatic heterocycles. The molecule has 0 aromatic carbocycles. The SMILES string of the molecule is CC(C)CCCC(C)C1CCC2/C(=C/C=C3CC(O)C(C)C(O)C3)CCCC21C. The van der Waals surface area contributed by atoms with Crippen LogP contribution in [0, 0.1) is 35.0 Å². The summed E-state index contributed by atoms with van der Waals surface area (Å²) in [6, 6.07) is 0. The van der Waals surface area contributed by atoms with E-state index in [1.165, 1.54) is 56.9 Å². The van der Waals surface area contributed by atoms with E-state index in [2.05, 4.69) is 39.8 Å². The predicted molar refractivity (Wildman–Crippen MR) is 123 cm³/mol. The molecule has 29 heavy (non-hydrogen) atoms. The zero-order valence-electron chi connectivity index (χ0n) is 19.7. The zero-order chi connectivity index (χ0) is 21.2. The lowest BCUT2D eigenvalue weighted by Gasteiger charge is -2.44. The molecule has 166 valence electrons. The standard InChI is InChI=1S/C27H46O2/c1-18(2)8-6-9-19(3)23-13-14-24-22(10-7-15-27(23,24)5)12-11-21-16-25(28)20(4)26(29)17-21/h11-12,18-20,23-26,28-29H,6-10,13-17H2,1-5H3/b21-11?,22-12+. The first-order valence-electron chi connectivity index (χ1n) is 12.5. The highest BCUT2D eigenvalue weighted by molar-refractivity contribution is 5.26. The highest BCUT2D eigenvalue weighted by atomic mass is 16.3. The van der Waals surface area contributed by atoms with Crippen LogP contribution in [0.5, 0.6) is 0 Å². The smallest absolute Gasteiger partial charge is 0.0627 e. The van der Waals surface area contributed by atoms with E-state index in [0.717, 1.165) is 36.5 Å². The van der Waals surface area contributed by atoms with Crippen LogP contribution in [0.4, 0.5) is 0 Å². The molecular formula is C27H46O2. The van der Waals surface area contributed by atoms with Crippen LogP contribution in [0.2, 0.25) is 0 Å². The Labute approximate surface area is 179 Å². The van der Waals surface area contributed by atoms with Crippen molar-refractivity contribution in [2.24, 2.45) is 35.0 Å². The van der Waals surface area contributed by atoms with Gasteiger partial charge in [-0.05, 0) is 74.0 Å². The fourth-order valence-electron chi connectivity index (χ4n) is 6.87. The summed E-state index contributed by atoms with van der Waals surface area (Å²) in [7, 11) is 0. The second-order valence-corrected chi connectivity index (χ2v) is 11.4. The maximum Gasteiger partial charge on any atom is 0.0627 e. The van der Waals surface area contributed by atoms with Crippen molar-refractivity contribution < 1.29 is 10.2 Å². The number of fused-ring (bicyclic) bond motifs is 1. The summed E-state index contributed by atoms with van der Waals surface area (Å²) in [5.74, 6) is 3.27. The summed E-state index contributed by atoms with van der Waals surface area (Å²) < 4.78 is 0. The fraction of sp³-hybridized carbons (Fsp3) is 0.852. The van der Waals surface area contributed by atoms with Crippen molar-refractivity contribution in [1.29, 1.82) is 0 Å². The molecule has 6 unspecified atom stereocenters. The van der Waals surface area contributed by atoms with Crippen molar-refractivity contribution in [3.05, 3.63) is 23.3 Å². The van der Waals surface area contributed by atoms with Gasteiger partial charge in [0.15, 0.2) is 0 Å². The fourth-order valence-corrected chi connectivity index (χ4v) is 6.87. The average molecular weight is 403 g/mol. The first-order chi connectivity index (χ1) is 13.7. The van der Waals surface area contributed by atoms with Gasteiger partial charge < -0.3 is 10.2 Å². The molecule has 3 fully saturated rings. The maximum atomic E-state index is 10.2. The molecule has 0 amide bonds. The zero-order valence-corrected chi connectivity index (χ0v) is 19.7. The molecule has 0 heterocycles. The molecule has 3 rings (SSSR count). The molecule has 2 N–H and O–H groups in total. The second-order valence-electron chi connectivity index (χ2n) is 11.4. The van der Waals surface area contributed by atoms with Crippen LogP contribution in [0.3, 0.4) is 0 Å². The second kappa shape index (κ2) is 9.69. The van der Waals surface area contributed by atoms with E-state index in [-0.39, 0.29) is 5.92 Å². The van der Waals surface area contributed by atoms with Crippen LogP contribution in [-0.4, -0.2) is 22.4 Å². The Kier molecular flexibility index (Phi) is 7.71. The van der Waals surface area contributed by atoms with Gasteiger partial charge in [0, 0.05) is 5.92 Å². The lowest BCUT2D eigenvalue weighted by molar-refractivity contribution is 0.00407.